The lowest BCUT2D eigenvalue weighted by Gasteiger charge is -2.34. The Hall–Kier alpha value is -2.68. The zero-order valence-electron chi connectivity index (χ0n) is 17.9. The van der Waals surface area contributed by atoms with Crippen molar-refractivity contribution >= 4 is 10.0 Å². The van der Waals surface area contributed by atoms with Crippen molar-refractivity contribution in [3.8, 4) is 17.1 Å². The van der Waals surface area contributed by atoms with Gasteiger partial charge in [0.1, 0.15) is 11.6 Å². The molecule has 164 valence electrons. The minimum Gasteiger partial charge on any atom is -0.496 e. The summed E-state index contributed by atoms with van der Waals surface area (Å²) in [5, 5.41) is 0. The van der Waals surface area contributed by atoms with E-state index in [4.69, 9.17) is 4.74 Å². The number of nitrogens with zero attached hydrogens (tertiary/aromatic N) is 4. The Kier molecular flexibility index (Phi) is 6.41. The van der Waals surface area contributed by atoms with Crippen LogP contribution in [0.5, 0.6) is 5.75 Å². The number of aryl methyl sites for hydroxylation is 1. The molecule has 0 radical (unpaired) electrons. The van der Waals surface area contributed by atoms with E-state index in [0.29, 0.717) is 36.8 Å². The average molecular weight is 441 g/mol. The van der Waals surface area contributed by atoms with Crippen LogP contribution in [0.25, 0.3) is 11.4 Å². The highest BCUT2D eigenvalue weighted by Gasteiger charge is 2.28. The van der Waals surface area contributed by atoms with Crippen LogP contribution in [0.4, 0.5) is 0 Å². The first kappa shape index (κ1) is 21.5. The molecule has 31 heavy (non-hydrogen) atoms. The van der Waals surface area contributed by atoms with Gasteiger partial charge in [0, 0.05) is 57.2 Å². The molecule has 4 rings (SSSR count). The van der Waals surface area contributed by atoms with Crippen LogP contribution in [-0.4, -0.2) is 67.0 Å². The number of imidazole rings is 1. The highest BCUT2D eigenvalue weighted by atomic mass is 32.2. The van der Waals surface area contributed by atoms with E-state index < -0.39 is 10.0 Å². The lowest BCUT2D eigenvalue weighted by atomic mass is 10.2. The normalized spacial score (nSPS) is 15.8. The Morgan fingerprint density at radius 2 is 1.74 bits per heavy atom. The Labute approximate surface area is 183 Å². The fourth-order valence-corrected chi connectivity index (χ4v) is 5.45. The topological polar surface area (TPSA) is 67.7 Å². The maximum atomic E-state index is 13.0. The molecule has 0 atom stereocenters. The van der Waals surface area contributed by atoms with E-state index in [0.717, 1.165) is 30.0 Å². The van der Waals surface area contributed by atoms with Gasteiger partial charge in [-0.2, -0.15) is 4.31 Å². The number of aromatic nitrogens is 2. The number of rotatable bonds is 7. The molecule has 0 saturated carbocycles. The number of methoxy groups -OCH3 is 1. The fourth-order valence-electron chi connectivity index (χ4n) is 3.94. The second-order valence-corrected chi connectivity index (χ2v) is 9.63. The lowest BCUT2D eigenvalue weighted by Crippen LogP contribution is -2.49. The number of sulfonamides is 1. The van der Waals surface area contributed by atoms with Gasteiger partial charge < -0.3 is 9.30 Å². The van der Waals surface area contributed by atoms with Crippen LogP contribution in [0.1, 0.15) is 5.56 Å². The standard InChI is InChI=1S/C23H28N4O3S/c1-19-18-21(8-9-22(19)30-2)31(28,29)27-16-13-25(14-17-27)12-15-26-11-10-24-23(26)20-6-4-3-5-7-20/h3-11,18H,12-17H2,1-2H3. The Balaban J connectivity index is 1.35. The van der Waals surface area contributed by atoms with Crippen molar-refractivity contribution < 1.29 is 13.2 Å². The van der Waals surface area contributed by atoms with Gasteiger partial charge in [-0.3, -0.25) is 4.90 Å². The second kappa shape index (κ2) is 9.21. The molecule has 2 aromatic carbocycles. The first-order chi connectivity index (χ1) is 15.0. The van der Waals surface area contributed by atoms with Crippen LogP contribution in [0, 0.1) is 6.92 Å². The van der Waals surface area contributed by atoms with Gasteiger partial charge in [-0.1, -0.05) is 30.3 Å². The molecule has 0 unspecified atom stereocenters. The third-order valence-electron chi connectivity index (χ3n) is 5.74. The van der Waals surface area contributed by atoms with E-state index in [1.807, 2.05) is 37.5 Å². The molecule has 1 aliphatic heterocycles. The van der Waals surface area contributed by atoms with Crippen molar-refractivity contribution in [2.45, 2.75) is 18.4 Å². The van der Waals surface area contributed by atoms with Gasteiger partial charge in [-0.05, 0) is 30.7 Å². The quantitative estimate of drug-likeness (QED) is 0.565. The summed E-state index contributed by atoms with van der Waals surface area (Å²) in [6.45, 7) is 5.93. The van der Waals surface area contributed by atoms with Crippen molar-refractivity contribution in [1.82, 2.24) is 18.8 Å². The Morgan fingerprint density at radius 1 is 1.00 bits per heavy atom. The summed E-state index contributed by atoms with van der Waals surface area (Å²) in [6.07, 6.45) is 3.82. The van der Waals surface area contributed by atoms with Crippen molar-refractivity contribution in [2.75, 3.05) is 39.8 Å². The molecule has 0 aliphatic carbocycles. The molecule has 1 fully saturated rings. The van der Waals surface area contributed by atoms with Crippen LogP contribution in [-0.2, 0) is 16.6 Å². The molecule has 3 aromatic rings. The van der Waals surface area contributed by atoms with Crippen LogP contribution in [0.15, 0.2) is 65.8 Å². The van der Waals surface area contributed by atoms with E-state index in [9.17, 15) is 8.42 Å². The highest BCUT2D eigenvalue weighted by Crippen LogP contribution is 2.24. The molecule has 0 bridgehead atoms. The molecule has 8 heteroatoms. The van der Waals surface area contributed by atoms with Crippen LogP contribution in [0.2, 0.25) is 0 Å². The van der Waals surface area contributed by atoms with Gasteiger partial charge in [0.15, 0.2) is 0 Å². The molecule has 0 amide bonds. The van der Waals surface area contributed by atoms with Crippen molar-refractivity contribution in [3.63, 3.8) is 0 Å². The molecule has 0 N–H and O–H groups in total. The minimum absolute atomic E-state index is 0.324. The van der Waals surface area contributed by atoms with Crippen molar-refractivity contribution in [1.29, 1.82) is 0 Å². The number of benzene rings is 2. The minimum atomic E-state index is -3.50. The third kappa shape index (κ3) is 4.66. The van der Waals surface area contributed by atoms with E-state index in [1.165, 1.54) is 0 Å². The van der Waals surface area contributed by atoms with E-state index in [-0.39, 0.29) is 0 Å². The molecule has 1 aromatic heterocycles. The maximum absolute atomic E-state index is 13.0. The summed E-state index contributed by atoms with van der Waals surface area (Å²) in [5.74, 6) is 1.65. The van der Waals surface area contributed by atoms with Gasteiger partial charge in [-0.25, -0.2) is 13.4 Å². The van der Waals surface area contributed by atoms with Crippen molar-refractivity contribution in [2.24, 2.45) is 0 Å². The summed E-state index contributed by atoms with van der Waals surface area (Å²) in [5.41, 5.74) is 1.91. The van der Waals surface area contributed by atoms with E-state index in [2.05, 4.69) is 26.6 Å². The van der Waals surface area contributed by atoms with Crippen LogP contribution < -0.4 is 4.74 Å². The molecule has 1 aliphatic rings. The monoisotopic (exact) mass is 440 g/mol. The summed E-state index contributed by atoms with van der Waals surface area (Å²) in [6, 6.07) is 15.2. The summed E-state index contributed by atoms with van der Waals surface area (Å²) in [7, 11) is -1.91. The third-order valence-corrected chi connectivity index (χ3v) is 7.63. The van der Waals surface area contributed by atoms with Gasteiger partial charge in [0.05, 0.1) is 12.0 Å². The van der Waals surface area contributed by atoms with Crippen LogP contribution in [0.3, 0.4) is 0 Å². The van der Waals surface area contributed by atoms with Gasteiger partial charge in [-0.15, -0.1) is 0 Å². The number of hydrogen-bond donors (Lipinski definition) is 0. The SMILES string of the molecule is COc1ccc(S(=O)(=O)N2CCN(CCn3ccnc3-c3ccccc3)CC2)cc1C. The van der Waals surface area contributed by atoms with E-state index in [1.54, 1.807) is 29.6 Å². The van der Waals surface area contributed by atoms with Gasteiger partial charge >= 0.3 is 0 Å². The maximum Gasteiger partial charge on any atom is 0.243 e. The molecule has 1 saturated heterocycles. The average Bonchev–Trinajstić information content (AvgIpc) is 3.27. The fraction of sp³-hybridized carbons (Fsp3) is 0.348. The lowest BCUT2D eigenvalue weighted by molar-refractivity contribution is 0.183. The number of piperazine rings is 1. The van der Waals surface area contributed by atoms with Crippen LogP contribution >= 0.6 is 0 Å². The molecule has 7 nitrogen and oxygen atoms in total. The number of hydrogen-bond acceptors (Lipinski definition) is 5. The molecule has 0 spiro atoms. The zero-order chi connectivity index (χ0) is 21.8. The van der Waals surface area contributed by atoms with Crippen molar-refractivity contribution in [3.05, 3.63) is 66.5 Å². The summed E-state index contributed by atoms with van der Waals surface area (Å²) in [4.78, 5) is 7.13. The smallest absolute Gasteiger partial charge is 0.243 e. The zero-order valence-corrected chi connectivity index (χ0v) is 18.8. The largest absolute Gasteiger partial charge is 0.496 e. The van der Waals surface area contributed by atoms with E-state index >= 15 is 0 Å². The second-order valence-electron chi connectivity index (χ2n) is 7.69. The predicted molar refractivity (Wildman–Crippen MR) is 121 cm³/mol. The molecular weight excluding hydrogens is 412 g/mol. The summed E-state index contributed by atoms with van der Waals surface area (Å²) < 4.78 is 35.1. The van der Waals surface area contributed by atoms with Gasteiger partial charge in [0.25, 0.3) is 0 Å². The molecule has 2 heterocycles. The predicted octanol–water partition coefficient (Wildman–Crippen LogP) is 2.87. The Morgan fingerprint density at radius 3 is 2.42 bits per heavy atom. The first-order valence-corrected chi connectivity index (χ1v) is 11.9. The molecular formula is C23H28N4O3S. The summed E-state index contributed by atoms with van der Waals surface area (Å²) >= 11 is 0. The van der Waals surface area contributed by atoms with Gasteiger partial charge in [0.2, 0.25) is 10.0 Å². The number of ether oxygens (including phenoxy) is 1. The first-order valence-electron chi connectivity index (χ1n) is 10.4. The highest BCUT2D eigenvalue weighted by molar-refractivity contribution is 7.89. The Bertz CT molecular complexity index is 1120.